The van der Waals surface area contributed by atoms with Crippen LogP contribution in [0, 0.1) is 0 Å². The number of benzene rings is 2. The Labute approximate surface area is 140 Å². The van der Waals surface area contributed by atoms with Crippen LogP contribution >= 0.6 is 0 Å². The summed E-state index contributed by atoms with van der Waals surface area (Å²) >= 11 is 0. The van der Waals surface area contributed by atoms with Crippen LogP contribution in [0.1, 0.15) is 43.7 Å². The highest BCUT2D eigenvalue weighted by Gasteiger charge is 2.21. The molecule has 1 aliphatic rings. The number of hydrogen-bond acceptors (Lipinski definition) is 2. The highest BCUT2D eigenvalue weighted by atomic mass is 16.5. The van der Waals surface area contributed by atoms with Gasteiger partial charge in [0.25, 0.3) is 0 Å². The largest absolute Gasteiger partial charge is 0.475 e. The van der Waals surface area contributed by atoms with E-state index in [9.17, 15) is 0 Å². The summed E-state index contributed by atoms with van der Waals surface area (Å²) in [5.41, 5.74) is 2.60. The number of piperidine rings is 1. The molecule has 23 heavy (non-hydrogen) atoms. The zero-order valence-corrected chi connectivity index (χ0v) is 14.1. The van der Waals surface area contributed by atoms with Crippen molar-refractivity contribution in [3.05, 3.63) is 65.7 Å². The first-order valence-electron chi connectivity index (χ1n) is 8.89. The minimum atomic E-state index is 0.201. The molecule has 1 heterocycles. The molecule has 2 aromatic carbocycles. The Kier molecular flexibility index (Phi) is 5.71. The molecule has 2 heteroatoms. The first kappa shape index (κ1) is 16.1. The highest BCUT2D eigenvalue weighted by Crippen LogP contribution is 2.25. The van der Waals surface area contributed by atoms with Gasteiger partial charge in [0.1, 0.15) is 5.75 Å². The first-order chi connectivity index (χ1) is 11.4. The lowest BCUT2D eigenvalue weighted by Gasteiger charge is -2.34. The fourth-order valence-electron chi connectivity index (χ4n) is 3.35. The van der Waals surface area contributed by atoms with Gasteiger partial charge in [-0.25, -0.2) is 0 Å². The highest BCUT2D eigenvalue weighted by molar-refractivity contribution is 5.37. The van der Waals surface area contributed by atoms with E-state index in [0.717, 1.165) is 18.6 Å². The van der Waals surface area contributed by atoms with E-state index in [1.807, 2.05) is 0 Å². The maximum absolute atomic E-state index is 6.43. The summed E-state index contributed by atoms with van der Waals surface area (Å²) in [5, 5.41) is 0. The minimum absolute atomic E-state index is 0.201. The number of hydrogen-bond donors (Lipinski definition) is 0. The Balaban J connectivity index is 1.73. The fourth-order valence-corrected chi connectivity index (χ4v) is 3.35. The van der Waals surface area contributed by atoms with Crippen molar-refractivity contribution >= 4 is 0 Å². The van der Waals surface area contributed by atoms with Gasteiger partial charge in [-0.3, -0.25) is 4.90 Å². The van der Waals surface area contributed by atoms with E-state index in [1.54, 1.807) is 0 Å². The zero-order chi connectivity index (χ0) is 15.9. The number of ether oxygens (including phenoxy) is 1. The van der Waals surface area contributed by atoms with Gasteiger partial charge in [-0.1, -0.05) is 61.9 Å². The zero-order valence-electron chi connectivity index (χ0n) is 14.1. The van der Waals surface area contributed by atoms with E-state index >= 15 is 0 Å². The molecule has 0 bridgehead atoms. The van der Waals surface area contributed by atoms with Gasteiger partial charge in [0, 0.05) is 19.5 Å². The number of likely N-dealkylation sites (tertiary alicyclic amines) is 1. The Morgan fingerprint density at radius 1 is 0.913 bits per heavy atom. The van der Waals surface area contributed by atoms with Crippen molar-refractivity contribution in [2.75, 3.05) is 13.1 Å². The lowest BCUT2D eigenvalue weighted by Crippen LogP contribution is -2.42. The van der Waals surface area contributed by atoms with Crippen molar-refractivity contribution in [3.8, 4) is 5.75 Å². The summed E-state index contributed by atoms with van der Waals surface area (Å²) in [6.45, 7) is 4.55. The van der Waals surface area contributed by atoms with Crippen LogP contribution in [0.4, 0.5) is 0 Å². The Morgan fingerprint density at radius 2 is 1.61 bits per heavy atom. The quantitative estimate of drug-likeness (QED) is 0.754. The van der Waals surface area contributed by atoms with E-state index in [1.165, 1.54) is 43.5 Å². The molecule has 0 aromatic heterocycles. The van der Waals surface area contributed by atoms with Crippen molar-refractivity contribution in [2.45, 2.75) is 45.3 Å². The molecule has 0 saturated carbocycles. The molecule has 0 spiro atoms. The van der Waals surface area contributed by atoms with Crippen molar-refractivity contribution in [1.82, 2.24) is 4.90 Å². The monoisotopic (exact) mass is 309 g/mol. The third-order valence-corrected chi connectivity index (χ3v) is 4.62. The Hall–Kier alpha value is -1.80. The molecule has 2 aromatic rings. The molecular formula is C21H27NO. The van der Waals surface area contributed by atoms with Crippen molar-refractivity contribution in [1.29, 1.82) is 0 Å². The molecule has 1 atom stereocenters. The van der Waals surface area contributed by atoms with Crippen LogP contribution in [-0.2, 0) is 6.42 Å². The summed E-state index contributed by atoms with van der Waals surface area (Å²) in [7, 11) is 0. The van der Waals surface area contributed by atoms with E-state index in [4.69, 9.17) is 4.74 Å². The van der Waals surface area contributed by atoms with Crippen LogP contribution in [-0.4, -0.2) is 24.2 Å². The van der Waals surface area contributed by atoms with Crippen LogP contribution in [0.3, 0.4) is 0 Å². The van der Waals surface area contributed by atoms with Crippen molar-refractivity contribution in [3.63, 3.8) is 0 Å². The lowest BCUT2D eigenvalue weighted by atomic mass is 10.0. The summed E-state index contributed by atoms with van der Waals surface area (Å²) in [6, 6.07) is 19.1. The average Bonchev–Trinajstić information content (AvgIpc) is 2.62. The molecule has 1 aliphatic heterocycles. The molecule has 0 aliphatic carbocycles. The van der Waals surface area contributed by atoms with Gasteiger partial charge in [0.05, 0.1) is 0 Å². The van der Waals surface area contributed by atoms with Crippen LogP contribution in [0.5, 0.6) is 5.75 Å². The second-order valence-corrected chi connectivity index (χ2v) is 6.35. The third kappa shape index (κ3) is 4.35. The number of para-hydroxylation sites is 1. The molecule has 3 rings (SSSR count). The summed E-state index contributed by atoms with van der Waals surface area (Å²) in [4.78, 5) is 2.50. The number of rotatable bonds is 6. The Morgan fingerprint density at radius 3 is 2.35 bits per heavy atom. The minimum Gasteiger partial charge on any atom is -0.475 e. The van der Waals surface area contributed by atoms with Crippen molar-refractivity contribution in [2.24, 2.45) is 0 Å². The fraction of sp³-hybridized carbons (Fsp3) is 0.429. The molecule has 0 radical (unpaired) electrons. The standard InChI is InChI=1S/C21H27NO/c1-2-21(22-15-9-4-10-16-22)23-20-14-8-7-13-19(20)17-18-11-5-3-6-12-18/h3,5-8,11-14,21H,2,4,9-10,15-17H2,1H3. The third-order valence-electron chi connectivity index (χ3n) is 4.62. The maximum Gasteiger partial charge on any atom is 0.152 e. The van der Waals surface area contributed by atoms with Gasteiger partial charge >= 0.3 is 0 Å². The molecular weight excluding hydrogens is 282 g/mol. The van der Waals surface area contributed by atoms with Crippen LogP contribution in [0.2, 0.25) is 0 Å². The van der Waals surface area contributed by atoms with E-state index in [-0.39, 0.29) is 6.23 Å². The second-order valence-electron chi connectivity index (χ2n) is 6.35. The first-order valence-corrected chi connectivity index (χ1v) is 8.89. The molecule has 1 unspecified atom stereocenters. The van der Waals surface area contributed by atoms with Crippen molar-refractivity contribution < 1.29 is 4.74 Å². The summed E-state index contributed by atoms with van der Waals surface area (Å²) in [6.07, 6.45) is 6.11. The Bertz CT molecular complexity index is 590. The lowest BCUT2D eigenvalue weighted by molar-refractivity contribution is 0.00927. The van der Waals surface area contributed by atoms with Gasteiger partial charge in [0.2, 0.25) is 0 Å². The topological polar surface area (TPSA) is 12.5 Å². The smallest absolute Gasteiger partial charge is 0.152 e. The normalized spacial score (nSPS) is 16.9. The molecule has 1 saturated heterocycles. The number of nitrogens with zero attached hydrogens (tertiary/aromatic N) is 1. The SMILES string of the molecule is CCC(Oc1ccccc1Cc1ccccc1)N1CCCCC1. The molecule has 122 valence electrons. The van der Waals surface area contributed by atoms with Crippen LogP contribution in [0.15, 0.2) is 54.6 Å². The predicted octanol–water partition coefficient (Wildman–Crippen LogP) is 4.88. The molecule has 0 amide bonds. The predicted molar refractivity (Wildman–Crippen MR) is 95.8 cm³/mol. The van der Waals surface area contributed by atoms with Gasteiger partial charge in [-0.2, -0.15) is 0 Å². The van der Waals surface area contributed by atoms with Gasteiger partial charge in [-0.05, 0) is 36.5 Å². The van der Waals surface area contributed by atoms with Gasteiger partial charge in [0.15, 0.2) is 6.23 Å². The summed E-state index contributed by atoms with van der Waals surface area (Å²) < 4.78 is 6.43. The van der Waals surface area contributed by atoms with E-state index < -0.39 is 0 Å². The van der Waals surface area contributed by atoms with Crippen LogP contribution in [0.25, 0.3) is 0 Å². The van der Waals surface area contributed by atoms with Crippen LogP contribution < -0.4 is 4.74 Å². The average molecular weight is 309 g/mol. The van der Waals surface area contributed by atoms with E-state index in [0.29, 0.717) is 0 Å². The van der Waals surface area contributed by atoms with E-state index in [2.05, 4.69) is 66.4 Å². The molecule has 1 fully saturated rings. The molecule has 0 N–H and O–H groups in total. The molecule has 2 nitrogen and oxygen atoms in total. The summed E-state index contributed by atoms with van der Waals surface area (Å²) in [5.74, 6) is 1.04. The second kappa shape index (κ2) is 8.16. The van der Waals surface area contributed by atoms with Gasteiger partial charge < -0.3 is 4.74 Å². The maximum atomic E-state index is 6.43. The van der Waals surface area contributed by atoms with Gasteiger partial charge in [-0.15, -0.1) is 0 Å².